The van der Waals surface area contributed by atoms with Gasteiger partial charge in [0.25, 0.3) is 5.69 Å². The number of benzene rings is 1. The number of nitro groups is 1. The van der Waals surface area contributed by atoms with Gasteiger partial charge in [0.2, 0.25) is 5.91 Å². The van der Waals surface area contributed by atoms with Crippen molar-refractivity contribution in [3.8, 4) is 0 Å². The molecule has 1 N–H and O–H groups in total. The predicted octanol–water partition coefficient (Wildman–Crippen LogP) is 1.71. The summed E-state index contributed by atoms with van der Waals surface area (Å²) >= 11 is 0. The van der Waals surface area contributed by atoms with Gasteiger partial charge in [-0.2, -0.15) is 0 Å². The van der Waals surface area contributed by atoms with Crippen molar-refractivity contribution in [3.05, 3.63) is 39.9 Å². The van der Waals surface area contributed by atoms with Crippen molar-refractivity contribution in [3.63, 3.8) is 0 Å². The number of nitrogens with zero attached hydrogens (tertiary/aromatic N) is 2. The van der Waals surface area contributed by atoms with Crippen LogP contribution < -0.4 is 0 Å². The number of nitro benzene ring substituents is 1. The molecule has 0 aromatic heterocycles. The number of aliphatic carboxylic acids is 1. The Morgan fingerprint density at radius 3 is 2.67 bits per heavy atom. The smallest absolute Gasteiger partial charge is 0.308 e. The van der Waals surface area contributed by atoms with Crippen LogP contribution in [0.3, 0.4) is 0 Å². The second kappa shape index (κ2) is 7.37. The fraction of sp³-hybridized carbons (Fsp3) is 0.429. The maximum absolute atomic E-state index is 11.9. The molecule has 1 rings (SSSR count). The molecule has 0 bridgehead atoms. The molecule has 114 valence electrons. The third-order valence-corrected chi connectivity index (χ3v) is 3.14. The van der Waals surface area contributed by atoms with Crippen molar-refractivity contribution in [1.82, 2.24) is 4.90 Å². The molecule has 7 heteroatoms. The first-order valence-electron chi connectivity index (χ1n) is 6.51. The molecule has 1 unspecified atom stereocenters. The fourth-order valence-electron chi connectivity index (χ4n) is 1.86. The molecule has 1 aromatic rings. The van der Waals surface area contributed by atoms with Gasteiger partial charge in [0.05, 0.1) is 10.8 Å². The third kappa shape index (κ3) is 5.21. The average molecular weight is 294 g/mol. The van der Waals surface area contributed by atoms with Crippen molar-refractivity contribution in [2.24, 2.45) is 5.92 Å². The average Bonchev–Trinajstić information content (AvgIpc) is 2.44. The van der Waals surface area contributed by atoms with Crippen LogP contribution in [0.1, 0.15) is 18.9 Å². The minimum atomic E-state index is -0.951. The molecule has 21 heavy (non-hydrogen) atoms. The van der Waals surface area contributed by atoms with E-state index in [1.807, 2.05) is 0 Å². The van der Waals surface area contributed by atoms with Crippen molar-refractivity contribution in [2.45, 2.75) is 19.8 Å². The van der Waals surface area contributed by atoms with Crippen LogP contribution in [-0.4, -0.2) is 40.4 Å². The SMILES string of the molecule is CC(CN(C)C(=O)CCc1cccc([N+](=O)[O-])c1)C(=O)O. The van der Waals surface area contributed by atoms with Crippen molar-refractivity contribution in [1.29, 1.82) is 0 Å². The van der Waals surface area contributed by atoms with E-state index >= 15 is 0 Å². The Morgan fingerprint density at radius 2 is 2.10 bits per heavy atom. The molecule has 7 nitrogen and oxygen atoms in total. The van der Waals surface area contributed by atoms with Gasteiger partial charge < -0.3 is 10.0 Å². The van der Waals surface area contributed by atoms with Gasteiger partial charge in [0.15, 0.2) is 0 Å². The lowest BCUT2D eigenvalue weighted by Gasteiger charge is -2.19. The zero-order valence-electron chi connectivity index (χ0n) is 12.0. The maximum atomic E-state index is 11.9. The molecule has 0 aliphatic rings. The van der Waals surface area contributed by atoms with Gasteiger partial charge in [-0.1, -0.05) is 19.1 Å². The molecule has 1 atom stereocenters. The summed E-state index contributed by atoms with van der Waals surface area (Å²) in [5.41, 5.74) is 0.699. The molecule has 0 radical (unpaired) electrons. The number of amides is 1. The van der Waals surface area contributed by atoms with Crippen molar-refractivity contribution in [2.75, 3.05) is 13.6 Å². The first-order valence-corrected chi connectivity index (χ1v) is 6.51. The highest BCUT2D eigenvalue weighted by atomic mass is 16.6. The molecule has 0 fully saturated rings. The van der Waals surface area contributed by atoms with Gasteiger partial charge in [-0.3, -0.25) is 19.7 Å². The monoisotopic (exact) mass is 294 g/mol. The minimum absolute atomic E-state index is 0.00666. The van der Waals surface area contributed by atoms with Gasteiger partial charge in [0, 0.05) is 32.1 Å². The van der Waals surface area contributed by atoms with E-state index in [4.69, 9.17) is 5.11 Å². The van der Waals surface area contributed by atoms with Crippen LogP contribution in [0.25, 0.3) is 0 Å². The van der Waals surface area contributed by atoms with E-state index in [1.165, 1.54) is 24.0 Å². The Hall–Kier alpha value is -2.44. The van der Waals surface area contributed by atoms with Gasteiger partial charge in [0.1, 0.15) is 0 Å². The number of rotatable bonds is 7. The van der Waals surface area contributed by atoms with Crippen molar-refractivity contribution >= 4 is 17.6 Å². The Bertz CT molecular complexity index is 544. The number of carboxylic acid groups (broad SMARTS) is 1. The van der Waals surface area contributed by atoms with E-state index < -0.39 is 16.8 Å². The molecular formula is C14H18N2O5. The number of carboxylic acids is 1. The summed E-state index contributed by atoms with van der Waals surface area (Å²) in [5.74, 6) is -1.76. The van der Waals surface area contributed by atoms with E-state index in [0.717, 1.165) is 0 Å². The lowest BCUT2D eigenvalue weighted by Crippen LogP contribution is -2.33. The Balaban J connectivity index is 2.54. The van der Waals surface area contributed by atoms with Crippen molar-refractivity contribution < 1.29 is 19.6 Å². The number of hydrogen-bond acceptors (Lipinski definition) is 4. The van der Waals surface area contributed by atoms with Gasteiger partial charge >= 0.3 is 5.97 Å². The summed E-state index contributed by atoms with van der Waals surface area (Å²) in [6, 6.07) is 6.13. The molecule has 0 heterocycles. The number of aryl methyl sites for hydroxylation is 1. The number of carbonyl (C=O) groups is 2. The van der Waals surface area contributed by atoms with E-state index in [9.17, 15) is 19.7 Å². The highest BCUT2D eigenvalue weighted by molar-refractivity contribution is 5.77. The lowest BCUT2D eigenvalue weighted by atomic mass is 10.1. The normalized spacial score (nSPS) is 11.7. The summed E-state index contributed by atoms with van der Waals surface area (Å²) in [5, 5.41) is 19.5. The first-order chi connectivity index (χ1) is 9.81. The quantitative estimate of drug-likeness (QED) is 0.609. The Morgan fingerprint density at radius 1 is 1.43 bits per heavy atom. The molecule has 1 amide bonds. The number of non-ortho nitro benzene ring substituents is 1. The summed E-state index contributed by atoms with van der Waals surface area (Å²) in [4.78, 5) is 34.2. The zero-order valence-corrected chi connectivity index (χ0v) is 12.0. The van der Waals surface area contributed by atoms with Crippen LogP contribution in [-0.2, 0) is 16.0 Å². The highest BCUT2D eigenvalue weighted by Crippen LogP contribution is 2.14. The van der Waals surface area contributed by atoms with Crippen LogP contribution in [0.5, 0.6) is 0 Å². The Kier molecular flexibility index (Phi) is 5.83. The zero-order chi connectivity index (χ0) is 16.0. The van der Waals surface area contributed by atoms with Crippen LogP contribution in [0.15, 0.2) is 24.3 Å². The highest BCUT2D eigenvalue weighted by Gasteiger charge is 2.17. The molecule has 0 aliphatic carbocycles. The van der Waals surface area contributed by atoms with Crippen LogP contribution in [0.2, 0.25) is 0 Å². The molecule has 0 aliphatic heterocycles. The van der Waals surface area contributed by atoms with E-state index in [0.29, 0.717) is 12.0 Å². The summed E-state index contributed by atoms with van der Waals surface area (Å²) in [7, 11) is 1.55. The van der Waals surface area contributed by atoms with Crippen LogP contribution in [0, 0.1) is 16.0 Å². The second-order valence-electron chi connectivity index (χ2n) is 4.94. The summed E-state index contributed by atoms with van der Waals surface area (Å²) in [6.45, 7) is 1.68. The van der Waals surface area contributed by atoms with E-state index in [2.05, 4.69) is 0 Å². The topological polar surface area (TPSA) is 101 Å². The summed E-state index contributed by atoms with van der Waals surface area (Å²) < 4.78 is 0. The maximum Gasteiger partial charge on any atom is 0.308 e. The standard InChI is InChI=1S/C14H18N2O5/c1-10(14(18)19)9-15(2)13(17)7-6-11-4-3-5-12(8-11)16(20)21/h3-5,8,10H,6-7,9H2,1-2H3,(H,18,19). The molecule has 0 saturated carbocycles. The fourth-order valence-corrected chi connectivity index (χ4v) is 1.86. The molecule has 1 aromatic carbocycles. The van der Waals surface area contributed by atoms with Crippen LogP contribution >= 0.6 is 0 Å². The first kappa shape index (κ1) is 16.6. The molecular weight excluding hydrogens is 276 g/mol. The van der Waals surface area contributed by atoms with E-state index in [1.54, 1.807) is 19.2 Å². The number of carbonyl (C=O) groups excluding carboxylic acids is 1. The largest absolute Gasteiger partial charge is 0.481 e. The lowest BCUT2D eigenvalue weighted by molar-refractivity contribution is -0.384. The molecule has 0 saturated heterocycles. The predicted molar refractivity (Wildman–Crippen MR) is 75.9 cm³/mol. The van der Waals surface area contributed by atoms with Gasteiger partial charge in [-0.05, 0) is 12.0 Å². The third-order valence-electron chi connectivity index (χ3n) is 3.14. The van der Waals surface area contributed by atoms with Crippen LogP contribution in [0.4, 0.5) is 5.69 Å². The summed E-state index contributed by atoms with van der Waals surface area (Å²) in [6.07, 6.45) is 0.566. The molecule has 0 spiro atoms. The van der Waals surface area contributed by atoms with Gasteiger partial charge in [-0.25, -0.2) is 0 Å². The van der Waals surface area contributed by atoms with E-state index in [-0.39, 0.29) is 24.6 Å². The van der Waals surface area contributed by atoms with Gasteiger partial charge in [-0.15, -0.1) is 0 Å². The number of hydrogen-bond donors (Lipinski definition) is 1. The minimum Gasteiger partial charge on any atom is -0.481 e. The second-order valence-corrected chi connectivity index (χ2v) is 4.94. The Labute approximate surface area is 122 Å².